The molecule has 0 spiro atoms. The Morgan fingerprint density at radius 3 is 1.95 bits per heavy atom. The smallest absolute Gasteiger partial charge is 0.233 e. The fraction of sp³-hybridized carbons (Fsp3) is 0.692. The normalized spacial score (nSPS) is 20.8. The molecular formula is C13H22N4O2. The largest absolute Gasteiger partial charge is 0.354 e. The Kier molecular flexibility index (Phi) is 7.63. The lowest BCUT2D eigenvalue weighted by Gasteiger charge is -2.16. The highest BCUT2D eigenvalue weighted by Crippen LogP contribution is 2.02. The topological polar surface area (TPSA) is 82.3 Å². The lowest BCUT2D eigenvalue weighted by Crippen LogP contribution is -2.45. The molecule has 0 aromatic heterocycles. The van der Waals surface area contributed by atoms with Crippen LogP contribution in [0.1, 0.15) is 12.8 Å². The maximum Gasteiger partial charge on any atom is 0.233 e. The molecule has 1 aliphatic heterocycles. The fourth-order valence-corrected chi connectivity index (χ4v) is 1.81. The average Bonchev–Trinajstić information content (AvgIpc) is 2.40. The first kappa shape index (κ1) is 15.5. The molecule has 6 heteroatoms. The number of hydrogen-bond acceptors (Lipinski definition) is 4. The second-order valence-electron chi connectivity index (χ2n) is 4.40. The number of nitrogens with one attached hydrogen (secondary N) is 4. The Balaban J connectivity index is 2.53. The molecule has 1 heterocycles. The number of amides is 2. The third kappa shape index (κ3) is 6.22. The molecule has 0 atom stereocenters. The molecular weight excluding hydrogens is 244 g/mol. The van der Waals surface area contributed by atoms with Gasteiger partial charge in [0.2, 0.25) is 11.8 Å². The Hall–Kier alpha value is -1.58. The van der Waals surface area contributed by atoms with E-state index in [0.29, 0.717) is 26.2 Å². The third-order valence-corrected chi connectivity index (χ3v) is 2.86. The summed E-state index contributed by atoms with van der Waals surface area (Å²) in [6.45, 7) is 4.19. The van der Waals surface area contributed by atoms with E-state index >= 15 is 0 Å². The van der Waals surface area contributed by atoms with E-state index < -0.39 is 5.92 Å². The zero-order valence-corrected chi connectivity index (χ0v) is 11.1. The lowest BCUT2D eigenvalue weighted by molar-refractivity contribution is -0.135. The van der Waals surface area contributed by atoms with Crippen molar-refractivity contribution in [3.05, 3.63) is 0 Å². The van der Waals surface area contributed by atoms with Crippen LogP contribution >= 0.6 is 0 Å². The molecule has 0 bridgehead atoms. The van der Waals surface area contributed by atoms with Crippen LogP contribution in [0.25, 0.3) is 0 Å². The third-order valence-electron chi connectivity index (χ3n) is 2.86. The first-order valence-corrected chi connectivity index (χ1v) is 6.66. The second-order valence-corrected chi connectivity index (χ2v) is 4.40. The van der Waals surface area contributed by atoms with E-state index in [-0.39, 0.29) is 18.2 Å². The number of carbonyl (C=O) groups is 2. The molecule has 1 fully saturated rings. The Labute approximate surface area is 114 Å². The van der Waals surface area contributed by atoms with Gasteiger partial charge in [-0.1, -0.05) is 0 Å². The minimum absolute atomic E-state index is 0.124. The summed E-state index contributed by atoms with van der Waals surface area (Å²) in [5, 5.41) is 11.9. The summed E-state index contributed by atoms with van der Waals surface area (Å²) in [7, 11) is 0. The summed E-state index contributed by atoms with van der Waals surface area (Å²) in [4.78, 5) is 23.7. The summed E-state index contributed by atoms with van der Waals surface area (Å²) in [6, 6.07) is 0. The molecule has 1 aliphatic rings. The van der Waals surface area contributed by atoms with Gasteiger partial charge < -0.3 is 21.3 Å². The summed E-state index contributed by atoms with van der Waals surface area (Å²) in [5.74, 6) is 0.975. The van der Waals surface area contributed by atoms with Crippen LogP contribution in [0.15, 0.2) is 0 Å². The highest BCUT2D eigenvalue weighted by molar-refractivity contribution is 6.00. The van der Waals surface area contributed by atoms with E-state index in [1.165, 1.54) is 0 Å². The van der Waals surface area contributed by atoms with E-state index in [0.717, 1.165) is 19.5 Å². The van der Waals surface area contributed by atoms with Gasteiger partial charge in [0.15, 0.2) is 0 Å². The molecule has 0 unspecified atom stereocenters. The van der Waals surface area contributed by atoms with Crippen LogP contribution in [0.3, 0.4) is 0 Å². The number of hydrogen-bond donors (Lipinski definition) is 4. The van der Waals surface area contributed by atoms with E-state index in [2.05, 4.69) is 27.2 Å². The SMILES string of the molecule is C#CCC1C(=O)NCCNCCCNCCNC1=O. The fourth-order valence-electron chi connectivity index (χ4n) is 1.81. The first-order chi connectivity index (χ1) is 9.25. The maximum absolute atomic E-state index is 11.9. The molecule has 0 aliphatic carbocycles. The molecule has 1 rings (SSSR count). The van der Waals surface area contributed by atoms with Gasteiger partial charge >= 0.3 is 0 Å². The van der Waals surface area contributed by atoms with Crippen molar-refractivity contribution in [2.75, 3.05) is 39.3 Å². The summed E-state index contributed by atoms with van der Waals surface area (Å²) in [6.07, 6.45) is 6.35. The van der Waals surface area contributed by atoms with Gasteiger partial charge in [0.05, 0.1) is 0 Å². The summed E-state index contributed by atoms with van der Waals surface area (Å²) in [5.41, 5.74) is 0. The monoisotopic (exact) mass is 266 g/mol. The molecule has 1 saturated heterocycles. The van der Waals surface area contributed by atoms with Gasteiger partial charge in [-0.15, -0.1) is 12.3 Å². The Morgan fingerprint density at radius 2 is 1.47 bits per heavy atom. The Morgan fingerprint density at radius 1 is 0.947 bits per heavy atom. The van der Waals surface area contributed by atoms with Crippen LogP contribution in [-0.4, -0.2) is 51.1 Å². The van der Waals surface area contributed by atoms with Gasteiger partial charge in [-0.05, 0) is 19.5 Å². The number of terminal acetylenes is 1. The zero-order valence-electron chi connectivity index (χ0n) is 11.1. The van der Waals surface area contributed by atoms with Crippen molar-refractivity contribution in [2.24, 2.45) is 5.92 Å². The predicted molar refractivity (Wildman–Crippen MR) is 73.3 cm³/mol. The van der Waals surface area contributed by atoms with Crippen LogP contribution in [0.2, 0.25) is 0 Å². The highest BCUT2D eigenvalue weighted by atomic mass is 16.2. The average molecular weight is 266 g/mol. The summed E-state index contributed by atoms with van der Waals surface area (Å²) < 4.78 is 0. The van der Waals surface area contributed by atoms with E-state index in [1.807, 2.05) is 0 Å². The van der Waals surface area contributed by atoms with Crippen LogP contribution in [-0.2, 0) is 9.59 Å². The van der Waals surface area contributed by atoms with Crippen molar-refractivity contribution < 1.29 is 9.59 Å². The number of rotatable bonds is 1. The lowest BCUT2D eigenvalue weighted by atomic mass is 10.0. The molecule has 4 N–H and O–H groups in total. The van der Waals surface area contributed by atoms with Crippen molar-refractivity contribution in [1.29, 1.82) is 0 Å². The minimum Gasteiger partial charge on any atom is -0.354 e. The molecule has 0 aromatic carbocycles. The minimum atomic E-state index is -0.798. The Bertz CT molecular complexity index is 314. The van der Waals surface area contributed by atoms with Crippen molar-refractivity contribution in [3.8, 4) is 12.3 Å². The molecule has 0 radical (unpaired) electrons. The molecule has 0 aromatic rings. The van der Waals surface area contributed by atoms with Gasteiger partial charge in [-0.25, -0.2) is 0 Å². The predicted octanol–water partition coefficient (Wildman–Crippen LogP) is -1.56. The maximum atomic E-state index is 11.9. The zero-order chi connectivity index (χ0) is 13.9. The van der Waals surface area contributed by atoms with Crippen molar-refractivity contribution in [1.82, 2.24) is 21.3 Å². The quantitative estimate of drug-likeness (QED) is 0.342. The van der Waals surface area contributed by atoms with Crippen LogP contribution in [0, 0.1) is 18.3 Å². The van der Waals surface area contributed by atoms with Gasteiger partial charge in [0.25, 0.3) is 0 Å². The van der Waals surface area contributed by atoms with Crippen molar-refractivity contribution in [3.63, 3.8) is 0 Å². The van der Waals surface area contributed by atoms with E-state index in [9.17, 15) is 9.59 Å². The van der Waals surface area contributed by atoms with Crippen molar-refractivity contribution in [2.45, 2.75) is 12.8 Å². The van der Waals surface area contributed by atoms with Gasteiger partial charge in [0, 0.05) is 32.6 Å². The standard InChI is InChI=1S/C13H22N4O2/c1-2-4-11-12(18)16-9-7-14-5-3-6-15-8-10-17-13(11)19/h1,11,14-15H,3-10H2,(H,16,18)(H,17,19). The molecule has 2 amide bonds. The van der Waals surface area contributed by atoms with Crippen molar-refractivity contribution >= 4 is 11.8 Å². The van der Waals surface area contributed by atoms with Gasteiger partial charge in [0.1, 0.15) is 5.92 Å². The molecule has 0 saturated carbocycles. The van der Waals surface area contributed by atoms with Gasteiger partial charge in [-0.2, -0.15) is 0 Å². The first-order valence-electron chi connectivity index (χ1n) is 6.66. The molecule has 106 valence electrons. The molecule has 6 nitrogen and oxygen atoms in total. The van der Waals surface area contributed by atoms with E-state index in [1.54, 1.807) is 0 Å². The number of carbonyl (C=O) groups excluding carboxylic acids is 2. The van der Waals surface area contributed by atoms with Gasteiger partial charge in [-0.3, -0.25) is 9.59 Å². The molecule has 19 heavy (non-hydrogen) atoms. The highest BCUT2D eigenvalue weighted by Gasteiger charge is 2.25. The summed E-state index contributed by atoms with van der Waals surface area (Å²) >= 11 is 0. The second kappa shape index (κ2) is 9.36. The van der Waals surface area contributed by atoms with Crippen LogP contribution in [0.5, 0.6) is 0 Å². The van der Waals surface area contributed by atoms with E-state index in [4.69, 9.17) is 6.42 Å². The van der Waals surface area contributed by atoms with Crippen LogP contribution < -0.4 is 21.3 Å². The van der Waals surface area contributed by atoms with Crippen LogP contribution in [0.4, 0.5) is 0 Å².